The molecule has 2 aromatic rings. The molecule has 0 saturated heterocycles. The van der Waals surface area contributed by atoms with Crippen molar-refractivity contribution in [3.63, 3.8) is 0 Å². The Bertz CT molecular complexity index is 765. The molecule has 0 bridgehead atoms. The first-order valence-corrected chi connectivity index (χ1v) is 7.91. The SMILES string of the molecule is CCc1ccncc1NC(=O)C(=O)NC(c1ccccc1F)C(C)O. The molecule has 1 heterocycles. The zero-order valence-electron chi connectivity index (χ0n) is 14.0. The molecule has 2 unspecified atom stereocenters. The molecule has 0 saturated carbocycles. The highest BCUT2D eigenvalue weighted by Crippen LogP contribution is 2.20. The van der Waals surface area contributed by atoms with Crippen molar-refractivity contribution in [3.8, 4) is 0 Å². The van der Waals surface area contributed by atoms with Gasteiger partial charge in [0.05, 0.1) is 24.0 Å². The second-order valence-corrected chi connectivity index (χ2v) is 5.55. The summed E-state index contributed by atoms with van der Waals surface area (Å²) < 4.78 is 13.9. The largest absolute Gasteiger partial charge is 0.391 e. The fraction of sp³-hybridized carbons (Fsp3) is 0.278. The van der Waals surface area contributed by atoms with Crippen molar-refractivity contribution in [2.45, 2.75) is 32.4 Å². The molecule has 0 aliphatic heterocycles. The molecule has 2 atom stereocenters. The van der Waals surface area contributed by atoms with Crippen molar-refractivity contribution in [1.29, 1.82) is 0 Å². The Balaban J connectivity index is 2.13. The van der Waals surface area contributed by atoms with Crippen molar-refractivity contribution in [1.82, 2.24) is 10.3 Å². The van der Waals surface area contributed by atoms with E-state index in [2.05, 4.69) is 15.6 Å². The Kier molecular flexibility index (Phi) is 6.19. The number of halogens is 1. The predicted molar refractivity (Wildman–Crippen MR) is 91.2 cm³/mol. The minimum absolute atomic E-state index is 0.106. The second kappa shape index (κ2) is 8.34. The van der Waals surface area contributed by atoms with Crippen molar-refractivity contribution >= 4 is 17.5 Å². The first kappa shape index (κ1) is 18.5. The molecule has 1 aromatic carbocycles. The lowest BCUT2D eigenvalue weighted by Gasteiger charge is -2.22. The number of aliphatic hydroxyl groups is 1. The van der Waals surface area contributed by atoms with Crippen LogP contribution in [0.15, 0.2) is 42.7 Å². The number of hydrogen-bond donors (Lipinski definition) is 3. The summed E-state index contributed by atoms with van der Waals surface area (Å²) >= 11 is 0. The molecule has 3 N–H and O–H groups in total. The first-order chi connectivity index (χ1) is 11.9. The highest BCUT2D eigenvalue weighted by molar-refractivity contribution is 6.39. The topological polar surface area (TPSA) is 91.3 Å². The maximum absolute atomic E-state index is 13.9. The number of aliphatic hydroxyl groups excluding tert-OH is 1. The van der Waals surface area contributed by atoms with Crippen LogP contribution in [0.1, 0.15) is 31.0 Å². The number of carbonyl (C=O) groups excluding carboxylic acids is 2. The Morgan fingerprint density at radius 3 is 2.60 bits per heavy atom. The van der Waals surface area contributed by atoms with Crippen molar-refractivity contribution in [2.24, 2.45) is 0 Å². The number of anilines is 1. The van der Waals surface area contributed by atoms with Crippen LogP contribution >= 0.6 is 0 Å². The second-order valence-electron chi connectivity index (χ2n) is 5.55. The molecule has 2 rings (SSSR count). The molecule has 132 valence electrons. The van der Waals surface area contributed by atoms with Gasteiger partial charge in [0.25, 0.3) is 0 Å². The van der Waals surface area contributed by atoms with E-state index < -0.39 is 29.8 Å². The summed E-state index contributed by atoms with van der Waals surface area (Å²) in [6, 6.07) is 6.45. The number of pyridine rings is 1. The van der Waals surface area contributed by atoms with Gasteiger partial charge in [0, 0.05) is 11.8 Å². The number of benzene rings is 1. The van der Waals surface area contributed by atoms with E-state index in [9.17, 15) is 19.1 Å². The van der Waals surface area contributed by atoms with Gasteiger partial charge in [0.2, 0.25) is 0 Å². The van der Waals surface area contributed by atoms with E-state index in [-0.39, 0.29) is 5.56 Å². The van der Waals surface area contributed by atoms with Crippen molar-refractivity contribution < 1.29 is 19.1 Å². The molecule has 6 nitrogen and oxygen atoms in total. The van der Waals surface area contributed by atoms with Crippen LogP contribution in [0.3, 0.4) is 0 Å². The molecule has 25 heavy (non-hydrogen) atoms. The van der Waals surface area contributed by atoms with Crippen LogP contribution < -0.4 is 10.6 Å². The van der Waals surface area contributed by atoms with Crippen molar-refractivity contribution in [2.75, 3.05) is 5.32 Å². The smallest absolute Gasteiger partial charge is 0.313 e. The van der Waals surface area contributed by atoms with Gasteiger partial charge in [0.1, 0.15) is 5.82 Å². The van der Waals surface area contributed by atoms with E-state index >= 15 is 0 Å². The minimum atomic E-state index is -1.08. The molecule has 1 aromatic heterocycles. The first-order valence-electron chi connectivity index (χ1n) is 7.91. The molecule has 7 heteroatoms. The summed E-state index contributed by atoms with van der Waals surface area (Å²) in [7, 11) is 0. The Morgan fingerprint density at radius 1 is 1.24 bits per heavy atom. The highest BCUT2D eigenvalue weighted by Gasteiger charge is 2.25. The fourth-order valence-corrected chi connectivity index (χ4v) is 2.42. The van der Waals surface area contributed by atoms with Gasteiger partial charge in [-0.1, -0.05) is 25.1 Å². The van der Waals surface area contributed by atoms with Gasteiger partial charge in [-0.15, -0.1) is 0 Å². The van der Waals surface area contributed by atoms with E-state index in [0.717, 1.165) is 5.56 Å². The maximum Gasteiger partial charge on any atom is 0.313 e. The zero-order chi connectivity index (χ0) is 18.4. The van der Waals surface area contributed by atoms with Gasteiger partial charge < -0.3 is 15.7 Å². The Hall–Kier alpha value is -2.80. The number of amides is 2. The lowest BCUT2D eigenvalue weighted by Crippen LogP contribution is -2.41. The number of rotatable bonds is 5. The van der Waals surface area contributed by atoms with Gasteiger partial charge in [0.15, 0.2) is 0 Å². The van der Waals surface area contributed by atoms with Crippen LogP contribution in [0.25, 0.3) is 0 Å². The maximum atomic E-state index is 13.9. The number of aryl methyl sites for hydroxylation is 1. The van der Waals surface area contributed by atoms with E-state index in [1.807, 2.05) is 6.92 Å². The molecule has 0 fully saturated rings. The van der Waals surface area contributed by atoms with E-state index in [1.165, 1.54) is 31.3 Å². The summed E-state index contributed by atoms with van der Waals surface area (Å²) in [4.78, 5) is 28.2. The average Bonchev–Trinajstić information content (AvgIpc) is 2.60. The van der Waals surface area contributed by atoms with Gasteiger partial charge >= 0.3 is 11.8 Å². The number of carbonyl (C=O) groups is 2. The zero-order valence-corrected chi connectivity index (χ0v) is 14.0. The average molecular weight is 345 g/mol. The molecule has 0 aliphatic carbocycles. The van der Waals surface area contributed by atoms with Crippen LogP contribution in [0.4, 0.5) is 10.1 Å². The molecule has 2 amide bonds. The van der Waals surface area contributed by atoms with Crippen molar-refractivity contribution in [3.05, 3.63) is 59.7 Å². The third kappa shape index (κ3) is 4.60. The number of nitrogens with one attached hydrogen (secondary N) is 2. The van der Waals surface area contributed by atoms with Crippen LogP contribution in [-0.4, -0.2) is 28.0 Å². The lowest BCUT2D eigenvalue weighted by molar-refractivity contribution is -0.137. The summed E-state index contributed by atoms with van der Waals surface area (Å²) in [5, 5.41) is 14.7. The molecular formula is C18H20FN3O3. The van der Waals surface area contributed by atoms with Crippen LogP contribution in [0.5, 0.6) is 0 Å². The summed E-state index contributed by atoms with van der Waals surface area (Å²) in [5.74, 6) is -2.46. The van der Waals surface area contributed by atoms with E-state index in [4.69, 9.17) is 0 Å². The summed E-state index contributed by atoms with van der Waals surface area (Å²) in [5.41, 5.74) is 1.37. The third-order valence-electron chi connectivity index (χ3n) is 3.76. The molecule has 0 radical (unpaired) electrons. The predicted octanol–water partition coefficient (Wildman–Crippen LogP) is 1.96. The van der Waals surface area contributed by atoms with E-state index in [0.29, 0.717) is 12.1 Å². The molecule has 0 aliphatic rings. The number of aromatic nitrogens is 1. The van der Waals surface area contributed by atoms with Gasteiger partial charge in [-0.3, -0.25) is 14.6 Å². The number of hydrogen-bond acceptors (Lipinski definition) is 4. The Morgan fingerprint density at radius 2 is 1.96 bits per heavy atom. The monoisotopic (exact) mass is 345 g/mol. The van der Waals surface area contributed by atoms with Gasteiger partial charge in [-0.05, 0) is 31.0 Å². The fourth-order valence-electron chi connectivity index (χ4n) is 2.42. The third-order valence-corrected chi connectivity index (χ3v) is 3.76. The van der Waals surface area contributed by atoms with Crippen LogP contribution in [0, 0.1) is 5.82 Å². The van der Waals surface area contributed by atoms with Gasteiger partial charge in [-0.25, -0.2) is 4.39 Å². The summed E-state index contributed by atoms with van der Waals surface area (Å²) in [6.07, 6.45) is 2.62. The van der Waals surface area contributed by atoms with Crippen LogP contribution in [-0.2, 0) is 16.0 Å². The molecule has 0 spiro atoms. The van der Waals surface area contributed by atoms with Gasteiger partial charge in [-0.2, -0.15) is 0 Å². The summed E-state index contributed by atoms with van der Waals surface area (Å²) in [6.45, 7) is 3.32. The highest BCUT2D eigenvalue weighted by atomic mass is 19.1. The number of nitrogens with zero attached hydrogens (tertiary/aromatic N) is 1. The normalized spacial score (nSPS) is 13.0. The lowest BCUT2D eigenvalue weighted by atomic mass is 10.0. The Labute approximate surface area is 145 Å². The van der Waals surface area contributed by atoms with E-state index in [1.54, 1.807) is 18.3 Å². The quantitative estimate of drug-likeness (QED) is 0.723. The molecular weight excluding hydrogens is 325 g/mol. The van der Waals surface area contributed by atoms with Crippen LogP contribution in [0.2, 0.25) is 0 Å². The minimum Gasteiger partial charge on any atom is -0.391 e. The standard InChI is InChI=1S/C18H20FN3O3/c1-3-12-8-9-20-10-15(12)21-17(24)18(25)22-16(11(2)23)13-6-4-5-7-14(13)19/h4-11,16,23H,3H2,1-2H3,(H,21,24)(H,22,25).